The van der Waals surface area contributed by atoms with Crippen LogP contribution < -0.4 is 15.0 Å². The Morgan fingerprint density at radius 1 is 1.33 bits per heavy atom. The van der Waals surface area contributed by atoms with Crippen LogP contribution in [0.2, 0.25) is 5.02 Å². The fourth-order valence-corrected chi connectivity index (χ4v) is 3.68. The van der Waals surface area contributed by atoms with Crippen molar-refractivity contribution in [3.63, 3.8) is 0 Å². The first kappa shape index (κ1) is 24.7. The van der Waals surface area contributed by atoms with Gasteiger partial charge in [-0.2, -0.15) is 9.78 Å². The largest absolute Gasteiger partial charge is 0.493 e. The quantitative estimate of drug-likeness (QED) is 0.403. The Morgan fingerprint density at radius 3 is 2.70 bits per heavy atom. The van der Waals surface area contributed by atoms with E-state index in [1.165, 1.54) is 24.9 Å². The zero-order chi connectivity index (χ0) is 24.3. The Labute approximate surface area is 203 Å². The molecule has 0 spiro atoms. The first-order valence-corrected chi connectivity index (χ1v) is 11.4. The molecule has 0 bridgehead atoms. The number of nitrogens with zero attached hydrogens (tertiary/aromatic N) is 3. The van der Waals surface area contributed by atoms with Crippen molar-refractivity contribution in [1.29, 1.82) is 0 Å². The molecule has 3 rings (SSSR count). The Hall–Kier alpha value is -2.91. The SMILES string of the molecule is CC[C@H](C)c1nc2ccc(Br)cc2c(=O)n1N=Cc1cc(Cl)c(O[C@@H](C)C(=O)O)c(OC)c1. The van der Waals surface area contributed by atoms with Crippen molar-refractivity contribution in [2.45, 2.75) is 39.2 Å². The number of carboxylic acid groups (broad SMARTS) is 1. The van der Waals surface area contributed by atoms with Gasteiger partial charge in [0.05, 0.1) is 29.2 Å². The normalized spacial score (nSPS) is 13.3. The van der Waals surface area contributed by atoms with E-state index in [-0.39, 0.29) is 28.0 Å². The van der Waals surface area contributed by atoms with Crippen molar-refractivity contribution >= 4 is 50.6 Å². The Morgan fingerprint density at radius 2 is 2.06 bits per heavy atom. The van der Waals surface area contributed by atoms with Crippen molar-refractivity contribution in [2.24, 2.45) is 5.10 Å². The van der Waals surface area contributed by atoms with Crippen LogP contribution in [0.15, 0.2) is 44.7 Å². The standard InChI is InChI=1S/C23H23BrClN3O5/c1-5-12(2)21-27-18-7-6-15(24)10-16(18)22(29)28(21)26-11-14-8-17(25)20(19(9-14)32-4)33-13(3)23(30)31/h6-13H,5H2,1-4H3,(H,30,31)/t12-,13-/m0/s1. The molecule has 33 heavy (non-hydrogen) atoms. The van der Waals surface area contributed by atoms with Gasteiger partial charge >= 0.3 is 5.97 Å². The second-order valence-electron chi connectivity index (χ2n) is 7.43. The number of hydrogen-bond donors (Lipinski definition) is 1. The van der Waals surface area contributed by atoms with E-state index in [2.05, 4.69) is 26.0 Å². The third-order valence-corrected chi connectivity index (χ3v) is 5.88. The summed E-state index contributed by atoms with van der Waals surface area (Å²) in [6, 6.07) is 8.50. The number of carbonyl (C=O) groups is 1. The van der Waals surface area contributed by atoms with Crippen LogP contribution in [0.4, 0.5) is 0 Å². The second kappa shape index (κ2) is 10.4. The molecular formula is C23H23BrClN3O5. The molecule has 8 nitrogen and oxygen atoms in total. The minimum Gasteiger partial charge on any atom is -0.493 e. The van der Waals surface area contributed by atoms with Crippen LogP contribution >= 0.6 is 27.5 Å². The second-order valence-corrected chi connectivity index (χ2v) is 8.76. The Bertz CT molecular complexity index is 1290. The summed E-state index contributed by atoms with van der Waals surface area (Å²) in [5.74, 6) is -0.240. The molecule has 0 aliphatic rings. The number of halogens is 2. The van der Waals surface area contributed by atoms with Gasteiger partial charge in [0.2, 0.25) is 0 Å². The minimum atomic E-state index is -1.13. The molecule has 0 fully saturated rings. The molecule has 0 aliphatic heterocycles. The number of methoxy groups -OCH3 is 1. The summed E-state index contributed by atoms with van der Waals surface area (Å²) in [6.45, 7) is 5.38. The van der Waals surface area contributed by atoms with Gasteiger partial charge in [-0.05, 0) is 49.2 Å². The van der Waals surface area contributed by atoms with Gasteiger partial charge in [0.15, 0.2) is 17.6 Å². The van der Waals surface area contributed by atoms with E-state index in [1.54, 1.807) is 24.3 Å². The van der Waals surface area contributed by atoms with Crippen LogP contribution in [0.25, 0.3) is 10.9 Å². The Balaban J connectivity index is 2.10. The van der Waals surface area contributed by atoms with E-state index in [4.69, 9.17) is 26.2 Å². The maximum absolute atomic E-state index is 13.2. The molecule has 2 atom stereocenters. The van der Waals surface area contributed by atoms with Gasteiger partial charge in [0.25, 0.3) is 5.56 Å². The van der Waals surface area contributed by atoms with Crippen LogP contribution in [-0.4, -0.2) is 40.2 Å². The van der Waals surface area contributed by atoms with Crippen LogP contribution in [0, 0.1) is 0 Å². The highest BCUT2D eigenvalue weighted by molar-refractivity contribution is 9.10. The molecule has 3 aromatic rings. The number of aliphatic carboxylic acids is 1. The molecule has 1 N–H and O–H groups in total. The average Bonchev–Trinajstić information content (AvgIpc) is 2.79. The van der Waals surface area contributed by atoms with Crippen molar-refractivity contribution in [2.75, 3.05) is 7.11 Å². The maximum Gasteiger partial charge on any atom is 0.344 e. The zero-order valence-electron chi connectivity index (χ0n) is 18.5. The molecule has 1 heterocycles. The van der Waals surface area contributed by atoms with Crippen LogP contribution in [0.3, 0.4) is 0 Å². The molecule has 2 aromatic carbocycles. The fraction of sp³-hybridized carbons (Fsp3) is 0.304. The van der Waals surface area contributed by atoms with Gasteiger partial charge in [0, 0.05) is 10.4 Å². The van der Waals surface area contributed by atoms with E-state index in [9.17, 15) is 9.59 Å². The highest BCUT2D eigenvalue weighted by Crippen LogP contribution is 2.36. The molecular weight excluding hydrogens is 514 g/mol. The third-order valence-electron chi connectivity index (χ3n) is 5.10. The fourth-order valence-electron chi connectivity index (χ4n) is 3.06. The summed E-state index contributed by atoms with van der Waals surface area (Å²) < 4.78 is 12.8. The number of fused-ring (bicyclic) bond motifs is 1. The summed E-state index contributed by atoms with van der Waals surface area (Å²) in [6.07, 6.45) is 1.13. The van der Waals surface area contributed by atoms with E-state index in [1.807, 2.05) is 19.9 Å². The minimum absolute atomic E-state index is 0.00527. The molecule has 0 saturated carbocycles. The lowest BCUT2D eigenvalue weighted by molar-refractivity contribution is -0.144. The highest BCUT2D eigenvalue weighted by Gasteiger charge is 2.19. The summed E-state index contributed by atoms with van der Waals surface area (Å²) in [4.78, 5) is 29.0. The number of rotatable bonds is 8. The summed E-state index contributed by atoms with van der Waals surface area (Å²) in [5, 5.41) is 14.1. The third kappa shape index (κ3) is 5.36. The lowest BCUT2D eigenvalue weighted by Gasteiger charge is -2.16. The van der Waals surface area contributed by atoms with Crippen LogP contribution in [0.1, 0.15) is 44.5 Å². The van der Waals surface area contributed by atoms with Gasteiger partial charge in [-0.3, -0.25) is 4.79 Å². The molecule has 0 unspecified atom stereocenters. The maximum atomic E-state index is 13.2. The highest BCUT2D eigenvalue weighted by atomic mass is 79.9. The van der Waals surface area contributed by atoms with Gasteiger partial charge < -0.3 is 14.6 Å². The topological polar surface area (TPSA) is 103 Å². The van der Waals surface area contributed by atoms with Crippen molar-refractivity contribution in [3.05, 3.63) is 61.6 Å². The molecule has 174 valence electrons. The molecule has 0 radical (unpaired) electrons. The first-order chi connectivity index (χ1) is 15.7. The summed E-state index contributed by atoms with van der Waals surface area (Å²) >= 11 is 9.72. The predicted octanol–water partition coefficient (Wildman–Crippen LogP) is 5.07. The molecule has 10 heteroatoms. The van der Waals surface area contributed by atoms with E-state index in [0.717, 1.165) is 10.9 Å². The number of hydrogen-bond acceptors (Lipinski definition) is 6. The first-order valence-electron chi connectivity index (χ1n) is 10.2. The van der Waals surface area contributed by atoms with Gasteiger partial charge in [0.1, 0.15) is 5.82 Å². The monoisotopic (exact) mass is 535 g/mol. The van der Waals surface area contributed by atoms with Crippen molar-refractivity contribution in [3.8, 4) is 11.5 Å². The lowest BCUT2D eigenvalue weighted by Crippen LogP contribution is -2.24. The van der Waals surface area contributed by atoms with Gasteiger partial charge in [-0.15, -0.1) is 0 Å². The van der Waals surface area contributed by atoms with E-state index >= 15 is 0 Å². The van der Waals surface area contributed by atoms with Crippen LogP contribution in [0.5, 0.6) is 11.5 Å². The predicted molar refractivity (Wildman–Crippen MR) is 131 cm³/mol. The van der Waals surface area contributed by atoms with Gasteiger partial charge in [-0.25, -0.2) is 9.78 Å². The average molecular weight is 537 g/mol. The number of benzene rings is 2. The number of ether oxygens (including phenoxy) is 2. The van der Waals surface area contributed by atoms with Crippen LogP contribution in [-0.2, 0) is 4.79 Å². The van der Waals surface area contributed by atoms with Gasteiger partial charge in [-0.1, -0.05) is 41.4 Å². The molecule has 0 saturated heterocycles. The van der Waals surface area contributed by atoms with Crippen molar-refractivity contribution < 1.29 is 19.4 Å². The van der Waals surface area contributed by atoms with E-state index < -0.39 is 12.1 Å². The number of carboxylic acids is 1. The zero-order valence-corrected chi connectivity index (χ0v) is 20.8. The lowest BCUT2D eigenvalue weighted by atomic mass is 10.1. The van der Waals surface area contributed by atoms with E-state index in [0.29, 0.717) is 22.3 Å². The summed E-state index contributed by atoms with van der Waals surface area (Å²) in [5.41, 5.74) is 0.841. The molecule has 0 aliphatic carbocycles. The Kier molecular flexibility index (Phi) is 7.76. The van der Waals surface area contributed by atoms with Crippen molar-refractivity contribution in [1.82, 2.24) is 9.66 Å². The molecule has 1 aromatic heterocycles. The smallest absolute Gasteiger partial charge is 0.344 e. The summed E-state index contributed by atoms with van der Waals surface area (Å²) in [7, 11) is 1.42. The number of aromatic nitrogens is 2. The molecule has 0 amide bonds.